The molecule has 0 saturated carbocycles. The van der Waals surface area contributed by atoms with Crippen molar-refractivity contribution in [2.45, 2.75) is 31.2 Å². The van der Waals surface area contributed by atoms with E-state index < -0.39 is 24.2 Å². The van der Waals surface area contributed by atoms with Gasteiger partial charge in [-0.2, -0.15) is 18.3 Å². The van der Waals surface area contributed by atoms with Gasteiger partial charge in [0.2, 0.25) is 0 Å². The number of carbonyl (C=O) groups excluding carboxylic acids is 1. The monoisotopic (exact) mass is 468 g/mol. The Morgan fingerprint density at radius 3 is 2.45 bits per heavy atom. The third-order valence-corrected chi connectivity index (χ3v) is 5.69. The quantitative estimate of drug-likeness (QED) is 0.510. The van der Waals surface area contributed by atoms with Crippen LogP contribution in [0.25, 0.3) is 0 Å². The Hall–Kier alpha value is -2.71. The summed E-state index contributed by atoms with van der Waals surface area (Å²) in [6.45, 7) is 0.196. The Balaban J connectivity index is 1.64. The zero-order chi connectivity index (χ0) is 22.2. The number of fused-ring (bicyclic) bond motifs is 1. The smallest absolute Gasteiger partial charge is 0.362 e. The Kier molecular flexibility index (Phi) is 5.85. The number of alkyl halides is 3. The summed E-state index contributed by atoms with van der Waals surface area (Å²) in [5.74, 6) is -0.693. The van der Waals surface area contributed by atoms with Crippen LogP contribution in [-0.4, -0.2) is 21.9 Å². The average molecular weight is 469 g/mol. The zero-order valence-corrected chi connectivity index (χ0v) is 17.5. The molecule has 0 saturated heterocycles. The molecular weight excluding hydrogens is 452 g/mol. The van der Waals surface area contributed by atoms with E-state index in [1.807, 2.05) is 30.3 Å². The topological polar surface area (TPSA) is 59.0 Å². The summed E-state index contributed by atoms with van der Waals surface area (Å²) in [6.07, 6.45) is -4.88. The number of rotatable bonds is 4. The molecule has 1 amide bonds. The average Bonchev–Trinajstić information content (AvgIpc) is 3.08. The highest BCUT2D eigenvalue weighted by Gasteiger charge is 2.47. The summed E-state index contributed by atoms with van der Waals surface area (Å²) in [5, 5.41) is 9.89. The highest BCUT2D eigenvalue weighted by molar-refractivity contribution is 6.36. The molecule has 4 rings (SSSR count). The molecule has 2 heterocycles. The third-order valence-electron chi connectivity index (χ3n) is 5.08. The summed E-state index contributed by atoms with van der Waals surface area (Å²) in [4.78, 5) is 12.6. The molecule has 10 heteroatoms. The molecule has 5 nitrogen and oxygen atoms in total. The number of benzene rings is 2. The number of hydrogen-bond acceptors (Lipinski definition) is 3. The molecule has 1 aromatic heterocycles. The largest absolute Gasteiger partial charge is 0.410 e. The van der Waals surface area contributed by atoms with Gasteiger partial charge in [0.1, 0.15) is 10.8 Å². The van der Waals surface area contributed by atoms with E-state index in [0.29, 0.717) is 10.6 Å². The molecule has 0 spiro atoms. The number of anilines is 1. The number of amides is 1. The Labute approximate surface area is 186 Å². The lowest BCUT2D eigenvalue weighted by atomic mass is 9.97. The number of nitrogens with zero attached hydrogens (tertiary/aromatic N) is 2. The van der Waals surface area contributed by atoms with E-state index in [-0.39, 0.29) is 29.5 Å². The van der Waals surface area contributed by atoms with Crippen LogP contribution in [0.2, 0.25) is 10.0 Å². The van der Waals surface area contributed by atoms with Gasteiger partial charge in [-0.3, -0.25) is 4.79 Å². The predicted octanol–water partition coefficient (Wildman–Crippen LogP) is 5.78. The summed E-state index contributed by atoms with van der Waals surface area (Å²) in [7, 11) is 0. The fraction of sp³-hybridized carbons (Fsp3) is 0.238. The van der Waals surface area contributed by atoms with Crippen LogP contribution < -0.4 is 10.6 Å². The number of nitrogens with one attached hydrogen (secondary N) is 2. The van der Waals surface area contributed by atoms with Crippen LogP contribution in [0.1, 0.15) is 40.1 Å². The molecule has 0 fully saturated rings. The van der Waals surface area contributed by atoms with Crippen molar-refractivity contribution in [3.63, 3.8) is 0 Å². The van der Waals surface area contributed by atoms with Crippen LogP contribution in [0.5, 0.6) is 0 Å². The standard InChI is InChI=1S/C21H17Cl2F3N4O/c22-14-8-6-13(7-9-14)15-10-16(21(24,25)26)30-19(28-15)17(23)18(29-30)20(31)27-11-12-4-2-1-3-5-12/h1-9,15-16,28H,10-11H2,(H,27,31)/t15-,16+/m1/s1. The molecule has 2 atom stereocenters. The van der Waals surface area contributed by atoms with Gasteiger partial charge in [0.15, 0.2) is 11.7 Å². The van der Waals surface area contributed by atoms with Crippen molar-refractivity contribution in [2.24, 2.45) is 0 Å². The lowest BCUT2D eigenvalue weighted by Crippen LogP contribution is -2.35. The molecule has 1 aliphatic heterocycles. The molecule has 0 unspecified atom stereocenters. The fourth-order valence-electron chi connectivity index (χ4n) is 3.51. The van der Waals surface area contributed by atoms with Crippen molar-refractivity contribution < 1.29 is 18.0 Å². The van der Waals surface area contributed by atoms with E-state index in [0.717, 1.165) is 10.2 Å². The molecule has 0 aliphatic carbocycles. The minimum Gasteiger partial charge on any atom is -0.362 e. The first-order valence-electron chi connectivity index (χ1n) is 9.43. The fourth-order valence-corrected chi connectivity index (χ4v) is 3.90. The minimum absolute atomic E-state index is 0.0416. The first-order chi connectivity index (χ1) is 14.7. The third kappa shape index (κ3) is 4.50. The van der Waals surface area contributed by atoms with Gasteiger partial charge in [0.05, 0.1) is 6.04 Å². The molecule has 3 aromatic rings. The number of halogens is 5. The maximum atomic E-state index is 13.8. The normalized spacial score (nSPS) is 18.2. The van der Waals surface area contributed by atoms with Crippen LogP contribution in [-0.2, 0) is 6.54 Å². The van der Waals surface area contributed by atoms with E-state index in [4.69, 9.17) is 23.2 Å². The van der Waals surface area contributed by atoms with Crippen molar-refractivity contribution in [3.05, 3.63) is 81.5 Å². The van der Waals surface area contributed by atoms with Crippen LogP contribution in [0.3, 0.4) is 0 Å². The second-order valence-electron chi connectivity index (χ2n) is 7.17. The molecule has 31 heavy (non-hydrogen) atoms. The first-order valence-corrected chi connectivity index (χ1v) is 10.2. The predicted molar refractivity (Wildman–Crippen MR) is 112 cm³/mol. The van der Waals surface area contributed by atoms with Crippen LogP contribution in [0.15, 0.2) is 54.6 Å². The van der Waals surface area contributed by atoms with Gasteiger partial charge in [-0.05, 0) is 23.3 Å². The van der Waals surface area contributed by atoms with Gasteiger partial charge >= 0.3 is 6.18 Å². The molecular formula is C21H17Cl2F3N4O. The second-order valence-corrected chi connectivity index (χ2v) is 7.98. The molecule has 0 radical (unpaired) electrons. The number of carbonyl (C=O) groups is 1. The maximum absolute atomic E-state index is 13.8. The Morgan fingerprint density at radius 1 is 1.13 bits per heavy atom. The van der Waals surface area contributed by atoms with Crippen LogP contribution in [0, 0.1) is 0 Å². The van der Waals surface area contributed by atoms with Crippen molar-refractivity contribution in [1.82, 2.24) is 15.1 Å². The van der Waals surface area contributed by atoms with E-state index >= 15 is 0 Å². The second kappa shape index (κ2) is 8.43. The molecule has 1 aliphatic rings. The molecule has 162 valence electrons. The minimum atomic E-state index is -4.57. The number of aromatic nitrogens is 2. The van der Waals surface area contributed by atoms with Gasteiger partial charge in [0, 0.05) is 18.0 Å². The zero-order valence-electron chi connectivity index (χ0n) is 16.0. The summed E-state index contributed by atoms with van der Waals surface area (Å²) in [5.41, 5.74) is 1.20. The SMILES string of the molecule is O=C(NCc1ccccc1)c1nn2c(c1Cl)N[C@@H](c1ccc(Cl)cc1)C[C@H]2C(F)(F)F. The summed E-state index contributed by atoms with van der Waals surface area (Å²) in [6, 6.07) is 13.0. The van der Waals surface area contributed by atoms with Crippen molar-refractivity contribution in [2.75, 3.05) is 5.32 Å². The van der Waals surface area contributed by atoms with Crippen LogP contribution >= 0.6 is 23.2 Å². The Morgan fingerprint density at radius 2 is 1.81 bits per heavy atom. The lowest BCUT2D eigenvalue weighted by molar-refractivity contribution is -0.173. The van der Waals surface area contributed by atoms with E-state index in [9.17, 15) is 18.0 Å². The van der Waals surface area contributed by atoms with Gasteiger partial charge in [-0.25, -0.2) is 4.68 Å². The summed E-state index contributed by atoms with van der Waals surface area (Å²) < 4.78 is 42.3. The highest BCUT2D eigenvalue weighted by atomic mass is 35.5. The molecule has 2 aromatic carbocycles. The van der Waals surface area contributed by atoms with Crippen molar-refractivity contribution in [1.29, 1.82) is 0 Å². The van der Waals surface area contributed by atoms with E-state index in [1.165, 1.54) is 0 Å². The molecule has 2 N–H and O–H groups in total. The van der Waals surface area contributed by atoms with E-state index in [2.05, 4.69) is 15.7 Å². The highest BCUT2D eigenvalue weighted by Crippen LogP contribution is 2.46. The van der Waals surface area contributed by atoms with Gasteiger partial charge < -0.3 is 10.6 Å². The van der Waals surface area contributed by atoms with Gasteiger partial charge in [-0.1, -0.05) is 65.7 Å². The van der Waals surface area contributed by atoms with Gasteiger partial charge in [-0.15, -0.1) is 0 Å². The van der Waals surface area contributed by atoms with Gasteiger partial charge in [0.25, 0.3) is 5.91 Å². The van der Waals surface area contributed by atoms with E-state index in [1.54, 1.807) is 24.3 Å². The maximum Gasteiger partial charge on any atom is 0.410 e. The lowest BCUT2D eigenvalue weighted by Gasteiger charge is -2.33. The first kappa shape index (κ1) is 21.5. The van der Waals surface area contributed by atoms with Crippen molar-refractivity contribution >= 4 is 34.9 Å². The molecule has 0 bridgehead atoms. The Bertz CT molecular complexity index is 1080. The number of hydrogen-bond donors (Lipinski definition) is 2. The van der Waals surface area contributed by atoms with Crippen LogP contribution in [0.4, 0.5) is 19.0 Å². The summed E-state index contributed by atoms with van der Waals surface area (Å²) >= 11 is 12.2. The van der Waals surface area contributed by atoms with Crippen molar-refractivity contribution in [3.8, 4) is 0 Å².